The maximum Gasteiger partial charge on any atom is 0.341 e. The fourth-order valence-corrected chi connectivity index (χ4v) is 4.38. The van der Waals surface area contributed by atoms with E-state index in [2.05, 4.69) is 24.6 Å². The van der Waals surface area contributed by atoms with Gasteiger partial charge in [0.05, 0.1) is 18.4 Å². The van der Waals surface area contributed by atoms with Gasteiger partial charge in [-0.15, -0.1) is 0 Å². The Morgan fingerprint density at radius 1 is 1.26 bits per heavy atom. The number of amides is 1. The molecule has 12 nitrogen and oxygen atoms in total. The fourth-order valence-electron chi connectivity index (χ4n) is 3.87. The van der Waals surface area contributed by atoms with E-state index in [1.165, 1.54) is 24.2 Å². The van der Waals surface area contributed by atoms with E-state index in [0.29, 0.717) is 41.3 Å². The van der Waals surface area contributed by atoms with Gasteiger partial charge >= 0.3 is 5.97 Å². The maximum absolute atomic E-state index is 12.9. The summed E-state index contributed by atoms with van der Waals surface area (Å²) in [6.45, 7) is 2.57. The van der Waals surface area contributed by atoms with Crippen LogP contribution in [0.4, 0.5) is 11.6 Å². The Bertz CT molecular complexity index is 1510. The van der Waals surface area contributed by atoms with Crippen LogP contribution in [0.3, 0.4) is 0 Å². The average Bonchev–Trinajstić information content (AvgIpc) is 3.32. The Labute approximate surface area is 202 Å². The fraction of sp³-hybridized carbons (Fsp3) is 0.227. The number of nitrogens with one attached hydrogen (secondary N) is 1. The van der Waals surface area contributed by atoms with Crippen molar-refractivity contribution in [3.8, 4) is 11.0 Å². The molecule has 0 aliphatic carbocycles. The van der Waals surface area contributed by atoms with Crippen molar-refractivity contribution < 1.29 is 19.4 Å². The lowest BCUT2D eigenvalue weighted by Gasteiger charge is -2.39. The van der Waals surface area contributed by atoms with Crippen molar-refractivity contribution in [2.24, 2.45) is 5.92 Å². The highest BCUT2D eigenvalue weighted by Gasteiger charge is 2.34. The van der Waals surface area contributed by atoms with Gasteiger partial charge in [0.1, 0.15) is 23.5 Å². The molecule has 2 N–H and O–H groups in total. The third-order valence-electron chi connectivity index (χ3n) is 5.69. The molecule has 35 heavy (non-hydrogen) atoms. The van der Waals surface area contributed by atoms with Crippen LogP contribution in [0.5, 0.6) is 5.88 Å². The van der Waals surface area contributed by atoms with Crippen LogP contribution in [0.1, 0.15) is 15.9 Å². The number of carbonyl (C=O) groups is 2. The number of anilines is 2. The van der Waals surface area contributed by atoms with Gasteiger partial charge in [-0.25, -0.2) is 14.8 Å². The first-order chi connectivity index (χ1) is 16.9. The highest BCUT2D eigenvalue weighted by Crippen LogP contribution is 2.28. The summed E-state index contributed by atoms with van der Waals surface area (Å²) < 4.78 is 10.5. The summed E-state index contributed by atoms with van der Waals surface area (Å²) in [5.74, 6) is -0.402. The molecule has 1 saturated heterocycles. The van der Waals surface area contributed by atoms with Gasteiger partial charge in [0.2, 0.25) is 22.3 Å². The summed E-state index contributed by atoms with van der Waals surface area (Å²) in [5.41, 5.74) is -0.140. The van der Waals surface area contributed by atoms with Gasteiger partial charge in [-0.2, -0.15) is 9.36 Å². The van der Waals surface area contributed by atoms with Crippen molar-refractivity contribution >= 4 is 46.1 Å². The number of aryl methyl sites for hydroxylation is 1. The highest BCUT2D eigenvalue weighted by molar-refractivity contribution is 7.08. The number of nitrogens with zero attached hydrogens (tertiary/aromatic N) is 6. The second kappa shape index (κ2) is 8.76. The van der Waals surface area contributed by atoms with Gasteiger partial charge in [-0.05, 0) is 24.6 Å². The number of carboxylic acid groups (broad SMARTS) is 1. The van der Waals surface area contributed by atoms with Gasteiger partial charge in [0.25, 0.3) is 0 Å². The average molecular weight is 494 g/mol. The molecule has 0 atom stereocenters. The number of hydrogen-bond donors (Lipinski definition) is 2. The molecule has 0 spiro atoms. The molecule has 0 saturated carbocycles. The van der Waals surface area contributed by atoms with Gasteiger partial charge in [-0.1, -0.05) is 6.07 Å². The number of rotatable bonds is 6. The quantitative estimate of drug-likeness (QED) is 0.406. The van der Waals surface area contributed by atoms with Crippen LogP contribution in [0, 0.1) is 12.8 Å². The second-order valence-corrected chi connectivity index (χ2v) is 8.68. The summed E-state index contributed by atoms with van der Waals surface area (Å²) in [6.07, 6.45) is 2.56. The maximum atomic E-state index is 12.9. The molecule has 0 radical (unpaired) electrons. The summed E-state index contributed by atoms with van der Waals surface area (Å²) in [6, 6.07) is 6.83. The zero-order chi connectivity index (χ0) is 24.7. The first-order valence-corrected chi connectivity index (χ1v) is 11.3. The van der Waals surface area contributed by atoms with Crippen LogP contribution in [-0.4, -0.2) is 61.1 Å². The minimum Gasteiger partial charge on any atom is -0.481 e. The number of aromatic nitrogens is 5. The number of hydrogen-bond acceptors (Lipinski definition) is 10. The Kier molecular flexibility index (Phi) is 5.61. The number of fused-ring (bicyclic) bond motifs is 1. The number of pyridine rings is 3. The molecule has 178 valence electrons. The molecule has 13 heteroatoms. The SMILES string of the molecule is COc1cccc(NC(=O)C2CN(c3cc(C)c4c(=O)c(C(=O)O)cn(-c5ncns5)c4n3)C2)n1. The van der Waals surface area contributed by atoms with E-state index in [-0.39, 0.29) is 28.4 Å². The summed E-state index contributed by atoms with van der Waals surface area (Å²) >= 11 is 1.05. The number of carboxylic acids is 1. The predicted molar refractivity (Wildman–Crippen MR) is 128 cm³/mol. The zero-order valence-electron chi connectivity index (χ0n) is 18.6. The van der Waals surface area contributed by atoms with Gasteiger partial charge < -0.3 is 20.1 Å². The molecule has 5 heterocycles. The Balaban J connectivity index is 1.44. The zero-order valence-corrected chi connectivity index (χ0v) is 19.4. The minimum absolute atomic E-state index is 0.170. The van der Waals surface area contributed by atoms with E-state index in [1.54, 1.807) is 31.2 Å². The van der Waals surface area contributed by atoms with Crippen LogP contribution in [-0.2, 0) is 4.79 Å². The van der Waals surface area contributed by atoms with Crippen LogP contribution < -0.4 is 20.4 Å². The Hall–Kier alpha value is -4.39. The molecule has 1 amide bonds. The largest absolute Gasteiger partial charge is 0.481 e. The molecule has 1 aliphatic rings. The first-order valence-electron chi connectivity index (χ1n) is 10.5. The van der Waals surface area contributed by atoms with E-state index in [9.17, 15) is 19.5 Å². The van der Waals surface area contributed by atoms with Crippen LogP contribution in [0.15, 0.2) is 41.6 Å². The van der Waals surface area contributed by atoms with E-state index in [4.69, 9.17) is 4.74 Å². The molecule has 0 unspecified atom stereocenters. The molecule has 1 fully saturated rings. The molecular weight excluding hydrogens is 474 g/mol. The molecule has 0 bridgehead atoms. The van der Waals surface area contributed by atoms with Crippen molar-refractivity contribution in [1.82, 2.24) is 23.9 Å². The van der Waals surface area contributed by atoms with E-state index in [1.807, 2.05) is 4.90 Å². The number of methoxy groups -OCH3 is 1. The normalized spacial score (nSPS) is 13.5. The lowest BCUT2D eigenvalue weighted by atomic mass is 9.98. The lowest BCUT2D eigenvalue weighted by Crippen LogP contribution is -2.52. The van der Waals surface area contributed by atoms with Crippen LogP contribution in [0.2, 0.25) is 0 Å². The number of carbonyl (C=O) groups excluding carboxylic acids is 1. The third kappa shape index (κ3) is 4.05. The van der Waals surface area contributed by atoms with Crippen molar-refractivity contribution in [3.05, 3.63) is 58.1 Å². The predicted octanol–water partition coefficient (Wildman–Crippen LogP) is 1.72. The van der Waals surface area contributed by atoms with E-state index < -0.39 is 11.4 Å². The summed E-state index contributed by atoms with van der Waals surface area (Å²) in [4.78, 5) is 52.1. The Morgan fingerprint density at radius 2 is 2.06 bits per heavy atom. The second-order valence-electron chi connectivity index (χ2n) is 7.92. The van der Waals surface area contributed by atoms with Crippen molar-refractivity contribution in [2.75, 3.05) is 30.4 Å². The summed E-state index contributed by atoms with van der Waals surface area (Å²) in [7, 11) is 1.50. The highest BCUT2D eigenvalue weighted by atomic mass is 32.1. The number of ether oxygens (including phenoxy) is 1. The molecule has 5 rings (SSSR count). The molecule has 0 aromatic carbocycles. The van der Waals surface area contributed by atoms with E-state index >= 15 is 0 Å². The minimum atomic E-state index is -1.33. The van der Waals surface area contributed by atoms with Crippen LogP contribution in [0.25, 0.3) is 16.2 Å². The smallest absolute Gasteiger partial charge is 0.341 e. The monoisotopic (exact) mass is 493 g/mol. The first kappa shape index (κ1) is 22.4. The van der Waals surface area contributed by atoms with Crippen molar-refractivity contribution in [1.29, 1.82) is 0 Å². The molecular formula is C22H19N7O5S. The standard InChI is InChI=1S/C22H19N7O5S/c1-11-6-15(28-7-12(8-28)20(31)26-14-4-3-5-16(25-14)34-2)27-19-17(11)18(30)13(21(32)33)9-29(19)22-23-10-24-35-22/h3-6,9-10,12H,7-8H2,1-2H3,(H,32,33)(H,25,26,31). The topological polar surface area (TPSA) is 152 Å². The molecule has 4 aromatic heterocycles. The Morgan fingerprint density at radius 3 is 2.74 bits per heavy atom. The molecule has 4 aromatic rings. The van der Waals surface area contributed by atoms with Gasteiger partial charge in [0, 0.05) is 36.9 Å². The lowest BCUT2D eigenvalue weighted by molar-refractivity contribution is -0.120. The van der Waals surface area contributed by atoms with Crippen LogP contribution >= 0.6 is 11.5 Å². The van der Waals surface area contributed by atoms with Gasteiger partial charge in [0.15, 0.2) is 5.65 Å². The third-order valence-corrected chi connectivity index (χ3v) is 6.35. The van der Waals surface area contributed by atoms with Crippen molar-refractivity contribution in [2.45, 2.75) is 6.92 Å². The summed E-state index contributed by atoms with van der Waals surface area (Å²) in [5, 5.41) is 12.9. The van der Waals surface area contributed by atoms with Crippen molar-refractivity contribution in [3.63, 3.8) is 0 Å². The van der Waals surface area contributed by atoms with E-state index in [0.717, 1.165) is 11.5 Å². The number of aromatic carboxylic acids is 1. The van der Waals surface area contributed by atoms with Gasteiger partial charge in [-0.3, -0.25) is 14.2 Å². The molecule has 1 aliphatic heterocycles.